The Balaban J connectivity index is 2.06. The van der Waals surface area contributed by atoms with E-state index in [0.29, 0.717) is 11.8 Å². The van der Waals surface area contributed by atoms with Crippen molar-refractivity contribution in [3.8, 4) is 0 Å². The van der Waals surface area contributed by atoms with Gasteiger partial charge in [0.25, 0.3) is 0 Å². The van der Waals surface area contributed by atoms with E-state index in [1.165, 1.54) is 12.1 Å². The molecule has 1 aromatic heterocycles. The van der Waals surface area contributed by atoms with Crippen LogP contribution in [-0.2, 0) is 6.42 Å². The minimum absolute atomic E-state index is 0.186. The molecule has 0 radical (unpaired) electrons. The number of hydrogen-bond donors (Lipinski definition) is 1. The number of benzene rings is 1. The Bertz CT molecular complexity index is 499. The first-order chi connectivity index (χ1) is 8.56. The molecule has 1 aromatic carbocycles. The van der Waals surface area contributed by atoms with E-state index >= 15 is 0 Å². The van der Waals surface area contributed by atoms with Crippen molar-refractivity contribution in [1.29, 1.82) is 0 Å². The molecule has 96 valence electrons. The maximum absolute atomic E-state index is 12.9. The summed E-state index contributed by atoms with van der Waals surface area (Å²) in [6.45, 7) is 6.40. The van der Waals surface area contributed by atoms with E-state index < -0.39 is 0 Å². The molecule has 0 amide bonds. The fourth-order valence-electron chi connectivity index (χ4n) is 2.02. The zero-order chi connectivity index (χ0) is 13.1. The van der Waals surface area contributed by atoms with Gasteiger partial charge in [0.1, 0.15) is 5.82 Å². The van der Waals surface area contributed by atoms with Crippen LogP contribution < -0.4 is 0 Å². The predicted octanol–water partition coefficient (Wildman–Crippen LogP) is 4.02. The van der Waals surface area contributed by atoms with Gasteiger partial charge in [-0.25, -0.2) is 4.39 Å². The summed E-state index contributed by atoms with van der Waals surface area (Å²) in [4.78, 5) is 0. The average molecular weight is 246 g/mol. The van der Waals surface area contributed by atoms with E-state index in [9.17, 15) is 4.39 Å². The lowest BCUT2D eigenvalue weighted by atomic mass is 9.96. The first-order valence-electron chi connectivity index (χ1n) is 6.36. The van der Waals surface area contributed by atoms with Gasteiger partial charge >= 0.3 is 0 Å². The van der Waals surface area contributed by atoms with Crippen molar-refractivity contribution in [2.75, 3.05) is 0 Å². The van der Waals surface area contributed by atoms with Crippen molar-refractivity contribution in [3.63, 3.8) is 0 Å². The van der Waals surface area contributed by atoms with Gasteiger partial charge in [0.15, 0.2) is 0 Å². The van der Waals surface area contributed by atoms with E-state index in [4.69, 9.17) is 0 Å². The van der Waals surface area contributed by atoms with Crippen molar-refractivity contribution in [3.05, 3.63) is 53.1 Å². The van der Waals surface area contributed by atoms with Gasteiger partial charge in [0.2, 0.25) is 0 Å². The Morgan fingerprint density at radius 2 is 1.83 bits per heavy atom. The van der Waals surface area contributed by atoms with E-state index in [0.717, 1.165) is 23.4 Å². The highest BCUT2D eigenvalue weighted by atomic mass is 19.1. The molecule has 0 bridgehead atoms. The predicted molar refractivity (Wildman–Crippen MR) is 71.2 cm³/mol. The normalized spacial score (nSPS) is 12.9. The second-order valence-electron chi connectivity index (χ2n) is 5.13. The largest absolute Gasteiger partial charge is 0.282 e. The van der Waals surface area contributed by atoms with Gasteiger partial charge in [0.05, 0.1) is 5.69 Å². The molecule has 1 unspecified atom stereocenters. The zero-order valence-corrected chi connectivity index (χ0v) is 11.1. The van der Waals surface area contributed by atoms with Crippen LogP contribution in [0.2, 0.25) is 0 Å². The number of aromatic amines is 1. The molecule has 18 heavy (non-hydrogen) atoms. The fourth-order valence-corrected chi connectivity index (χ4v) is 2.02. The lowest BCUT2D eigenvalue weighted by Gasteiger charge is -2.10. The molecule has 1 N–H and O–H groups in total. The molecular formula is C15H19FN2. The fraction of sp³-hybridized carbons (Fsp3) is 0.400. The highest BCUT2D eigenvalue weighted by Gasteiger charge is 2.10. The van der Waals surface area contributed by atoms with E-state index in [-0.39, 0.29) is 5.82 Å². The molecule has 2 aromatic rings. The molecule has 0 saturated carbocycles. The molecule has 1 atom stereocenters. The lowest BCUT2D eigenvalue weighted by molar-refractivity contribution is 0.625. The van der Waals surface area contributed by atoms with Crippen LogP contribution in [0, 0.1) is 5.82 Å². The van der Waals surface area contributed by atoms with Crippen molar-refractivity contribution >= 4 is 0 Å². The molecule has 0 spiro atoms. The van der Waals surface area contributed by atoms with Gasteiger partial charge < -0.3 is 0 Å². The van der Waals surface area contributed by atoms with Gasteiger partial charge in [-0.15, -0.1) is 0 Å². The number of nitrogens with zero attached hydrogens (tertiary/aromatic N) is 1. The van der Waals surface area contributed by atoms with Crippen LogP contribution >= 0.6 is 0 Å². The molecule has 0 aliphatic carbocycles. The molecule has 0 fully saturated rings. The summed E-state index contributed by atoms with van der Waals surface area (Å²) in [5.41, 5.74) is 3.38. The molecule has 2 rings (SSSR count). The van der Waals surface area contributed by atoms with E-state index in [1.807, 2.05) is 12.1 Å². The Morgan fingerprint density at radius 3 is 2.39 bits per heavy atom. The van der Waals surface area contributed by atoms with Crippen LogP contribution in [0.15, 0.2) is 30.3 Å². The van der Waals surface area contributed by atoms with Crippen molar-refractivity contribution < 1.29 is 4.39 Å². The second kappa shape index (κ2) is 5.34. The molecule has 0 saturated heterocycles. The molecule has 2 nitrogen and oxygen atoms in total. The van der Waals surface area contributed by atoms with Gasteiger partial charge in [-0.3, -0.25) is 5.10 Å². The number of nitrogens with one attached hydrogen (secondary N) is 1. The number of aromatic nitrogens is 2. The number of halogens is 1. The SMILES string of the molecule is CC(C)c1cc(CC(C)c2ccc(F)cc2)[nH]n1. The highest BCUT2D eigenvalue weighted by molar-refractivity contribution is 5.22. The van der Waals surface area contributed by atoms with Crippen LogP contribution in [0.1, 0.15) is 49.6 Å². The Hall–Kier alpha value is -1.64. The minimum Gasteiger partial charge on any atom is -0.282 e. The van der Waals surface area contributed by atoms with Crippen LogP contribution in [-0.4, -0.2) is 10.2 Å². The zero-order valence-electron chi connectivity index (χ0n) is 11.1. The highest BCUT2D eigenvalue weighted by Crippen LogP contribution is 2.21. The molecule has 1 heterocycles. The first-order valence-corrected chi connectivity index (χ1v) is 6.36. The maximum Gasteiger partial charge on any atom is 0.123 e. The quantitative estimate of drug-likeness (QED) is 0.867. The lowest BCUT2D eigenvalue weighted by Crippen LogP contribution is -1.98. The maximum atomic E-state index is 12.9. The number of rotatable bonds is 4. The number of H-pyrrole nitrogens is 1. The minimum atomic E-state index is -0.186. The van der Waals surface area contributed by atoms with Crippen LogP contribution in [0.3, 0.4) is 0 Å². The third-order valence-corrected chi connectivity index (χ3v) is 3.21. The molecule has 3 heteroatoms. The van der Waals surface area contributed by atoms with Crippen molar-refractivity contribution in [2.45, 2.75) is 39.0 Å². The summed E-state index contributed by atoms with van der Waals surface area (Å²) in [7, 11) is 0. The van der Waals surface area contributed by atoms with Crippen LogP contribution in [0.5, 0.6) is 0 Å². The van der Waals surface area contributed by atoms with Crippen molar-refractivity contribution in [1.82, 2.24) is 10.2 Å². The van der Waals surface area contributed by atoms with Gasteiger partial charge in [-0.05, 0) is 42.0 Å². The first kappa shape index (κ1) is 12.8. The smallest absolute Gasteiger partial charge is 0.123 e. The Labute approximate surface area is 107 Å². The van der Waals surface area contributed by atoms with Gasteiger partial charge in [-0.1, -0.05) is 32.9 Å². The molecule has 0 aliphatic rings. The average Bonchev–Trinajstić information content (AvgIpc) is 2.78. The van der Waals surface area contributed by atoms with Crippen molar-refractivity contribution in [2.24, 2.45) is 0 Å². The monoisotopic (exact) mass is 246 g/mol. The van der Waals surface area contributed by atoms with Gasteiger partial charge in [0, 0.05) is 5.69 Å². The summed E-state index contributed by atoms with van der Waals surface area (Å²) in [6.07, 6.45) is 0.894. The second-order valence-corrected chi connectivity index (χ2v) is 5.13. The van der Waals surface area contributed by atoms with Crippen LogP contribution in [0.4, 0.5) is 4.39 Å². The summed E-state index contributed by atoms with van der Waals surface area (Å²) < 4.78 is 12.9. The molecule has 0 aliphatic heterocycles. The van der Waals surface area contributed by atoms with Crippen LogP contribution in [0.25, 0.3) is 0 Å². The molecular weight excluding hydrogens is 227 g/mol. The topological polar surface area (TPSA) is 28.7 Å². The standard InChI is InChI=1S/C15H19FN2/c1-10(2)15-9-14(17-18-15)8-11(3)12-4-6-13(16)7-5-12/h4-7,9-11H,8H2,1-3H3,(H,17,18). The summed E-state index contributed by atoms with van der Waals surface area (Å²) >= 11 is 0. The third kappa shape index (κ3) is 2.97. The number of hydrogen-bond acceptors (Lipinski definition) is 1. The summed E-state index contributed by atoms with van der Waals surface area (Å²) in [6, 6.07) is 8.83. The van der Waals surface area contributed by atoms with E-state index in [2.05, 4.69) is 37.0 Å². The summed E-state index contributed by atoms with van der Waals surface area (Å²) in [5, 5.41) is 7.37. The third-order valence-electron chi connectivity index (χ3n) is 3.21. The van der Waals surface area contributed by atoms with Gasteiger partial charge in [-0.2, -0.15) is 5.10 Å². The Kier molecular flexibility index (Phi) is 3.80. The Morgan fingerprint density at radius 1 is 1.17 bits per heavy atom. The van der Waals surface area contributed by atoms with E-state index in [1.54, 1.807) is 0 Å². The summed E-state index contributed by atoms with van der Waals surface area (Å²) in [5.74, 6) is 0.608.